The van der Waals surface area contributed by atoms with Gasteiger partial charge in [-0.05, 0) is 80.2 Å². The summed E-state index contributed by atoms with van der Waals surface area (Å²) in [6, 6.07) is 6.10. The number of esters is 1. The summed E-state index contributed by atoms with van der Waals surface area (Å²) in [5, 5.41) is 2.99. The molecule has 0 spiro atoms. The van der Waals surface area contributed by atoms with Gasteiger partial charge in [-0.3, -0.25) is 9.59 Å². The summed E-state index contributed by atoms with van der Waals surface area (Å²) in [4.78, 5) is 25.4. The van der Waals surface area contributed by atoms with Crippen molar-refractivity contribution in [3.63, 3.8) is 0 Å². The topological polar surface area (TPSA) is 55.4 Å². The van der Waals surface area contributed by atoms with E-state index in [1.54, 1.807) is 0 Å². The SMILES string of the molecule is CCc1cccc(CC)c1NC(=O)COC(=O)C12CC3CC(CC(C3)C1)C2. The van der Waals surface area contributed by atoms with E-state index in [2.05, 4.69) is 19.2 Å². The Hall–Kier alpha value is -1.84. The van der Waals surface area contributed by atoms with E-state index in [1.807, 2.05) is 18.2 Å². The number of rotatable bonds is 6. The highest BCUT2D eigenvalue weighted by Gasteiger charge is 2.55. The van der Waals surface area contributed by atoms with Gasteiger partial charge in [0.2, 0.25) is 0 Å². The van der Waals surface area contributed by atoms with Crippen LogP contribution < -0.4 is 5.32 Å². The number of hydrogen-bond acceptors (Lipinski definition) is 3. The van der Waals surface area contributed by atoms with Crippen LogP contribution in [-0.4, -0.2) is 18.5 Å². The summed E-state index contributed by atoms with van der Waals surface area (Å²) < 4.78 is 5.56. The van der Waals surface area contributed by atoms with Gasteiger partial charge in [-0.2, -0.15) is 0 Å². The molecule has 27 heavy (non-hydrogen) atoms. The van der Waals surface area contributed by atoms with Crippen molar-refractivity contribution in [2.24, 2.45) is 23.2 Å². The molecule has 1 N–H and O–H groups in total. The van der Waals surface area contributed by atoms with E-state index in [-0.39, 0.29) is 23.9 Å². The van der Waals surface area contributed by atoms with Crippen LogP contribution in [0.1, 0.15) is 63.5 Å². The number of carbonyl (C=O) groups is 2. The van der Waals surface area contributed by atoms with Gasteiger partial charge >= 0.3 is 5.97 Å². The quantitative estimate of drug-likeness (QED) is 0.751. The van der Waals surface area contributed by atoms with Crippen molar-refractivity contribution >= 4 is 17.6 Å². The molecule has 4 bridgehead atoms. The third-order valence-corrected chi connectivity index (χ3v) is 7.07. The van der Waals surface area contributed by atoms with Gasteiger partial charge in [0.1, 0.15) is 0 Å². The second-order valence-electron chi connectivity index (χ2n) is 8.98. The number of nitrogens with one attached hydrogen (secondary N) is 1. The van der Waals surface area contributed by atoms with Gasteiger partial charge in [-0.25, -0.2) is 0 Å². The van der Waals surface area contributed by atoms with Crippen molar-refractivity contribution in [3.8, 4) is 0 Å². The predicted octanol–water partition coefficient (Wildman–Crippen LogP) is 4.51. The number of aryl methyl sites for hydroxylation is 2. The summed E-state index contributed by atoms with van der Waals surface area (Å²) in [5.41, 5.74) is 2.83. The average Bonchev–Trinajstić information content (AvgIpc) is 2.65. The molecular formula is C23H31NO3. The number of para-hydroxylation sites is 1. The van der Waals surface area contributed by atoms with Gasteiger partial charge in [-0.15, -0.1) is 0 Å². The molecule has 4 saturated carbocycles. The summed E-state index contributed by atoms with van der Waals surface area (Å²) in [7, 11) is 0. The molecule has 1 aromatic carbocycles. The van der Waals surface area contributed by atoms with Gasteiger partial charge < -0.3 is 10.1 Å². The normalized spacial score (nSPS) is 31.0. The fraction of sp³-hybridized carbons (Fsp3) is 0.652. The number of amides is 1. The zero-order chi connectivity index (χ0) is 19.0. The highest BCUT2D eigenvalue weighted by molar-refractivity contribution is 5.94. The van der Waals surface area contributed by atoms with Crippen LogP contribution in [0.3, 0.4) is 0 Å². The van der Waals surface area contributed by atoms with Gasteiger partial charge in [0.15, 0.2) is 6.61 Å². The molecule has 1 amide bonds. The molecule has 146 valence electrons. The Morgan fingerprint density at radius 1 is 1.00 bits per heavy atom. The lowest BCUT2D eigenvalue weighted by Crippen LogP contribution is -2.50. The van der Waals surface area contributed by atoms with Gasteiger partial charge in [0, 0.05) is 5.69 Å². The first-order valence-electron chi connectivity index (χ1n) is 10.6. The molecule has 0 saturated heterocycles. The number of benzene rings is 1. The van der Waals surface area contributed by atoms with Gasteiger partial charge in [-0.1, -0.05) is 32.0 Å². The van der Waals surface area contributed by atoms with Crippen molar-refractivity contribution in [1.82, 2.24) is 0 Å². The predicted molar refractivity (Wildman–Crippen MR) is 105 cm³/mol. The average molecular weight is 370 g/mol. The molecule has 0 heterocycles. The molecule has 0 radical (unpaired) electrons. The molecule has 1 aromatic rings. The molecule has 4 aliphatic rings. The fourth-order valence-electron chi connectivity index (χ4n) is 6.22. The Labute approximate surface area is 162 Å². The van der Waals surface area contributed by atoms with Crippen LogP contribution in [-0.2, 0) is 27.2 Å². The first-order valence-corrected chi connectivity index (χ1v) is 10.6. The highest BCUT2D eigenvalue weighted by atomic mass is 16.5. The van der Waals surface area contributed by atoms with Gasteiger partial charge in [0.05, 0.1) is 5.41 Å². The second kappa shape index (κ2) is 7.29. The number of ether oxygens (including phenoxy) is 1. The van der Waals surface area contributed by atoms with E-state index < -0.39 is 0 Å². The molecule has 5 rings (SSSR count). The molecule has 0 aliphatic heterocycles. The van der Waals surface area contributed by atoms with E-state index in [1.165, 1.54) is 19.3 Å². The maximum absolute atomic E-state index is 12.9. The monoisotopic (exact) mass is 369 g/mol. The Bertz CT molecular complexity index is 682. The third kappa shape index (κ3) is 3.51. The summed E-state index contributed by atoms with van der Waals surface area (Å²) in [5.74, 6) is 1.73. The van der Waals surface area contributed by atoms with Crippen LogP contribution in [0.4, 0.5) is 5.69 Å². The van der Waals surface area contributed by atoms with Crippen LogP contribution in [0, 0.1) is 23.2 Å². The lowest BCUT2D eigenvalue weighted by atomic mass is 9.49. The smallest absolute Gasteiger partial charge is 0.312 e. The largest absolute Gasteiger partial charge is 0.455 e. The van der Waals surface area contributed by atoms with E-state index in [0.29, 0.717) is 17.8 Å². The van der Waals surface area contributed by atoms with E-state index in [9.17, 15) is 9.59 Å². The standard InChI is InChI=1S/C23H31NO3/c1-3-18-6-5-7-19(4-2)21(18)24-20(25)14-27-22(26)23-11-15-8-16(12-23)10-17(9-15)13-23/h5-7,15-17H,3-4,8-14H2,1-2H3,(H,24,25). The zero-order valence-corrected chi connectivity index (χ0v) is 16.6. The third-order valence-electron chi connectivity index (χ3n) is 7.07. The number of anilines is 1. The summed E-state index contributed by atoms with van der Waals surface area (Å²) in [6.45, 7) is 3.98. The van der Waals surface area contributed by atoms with Crippen molar-refractivity contribution in [2.75, 3.05) is 11.9 Å². The Balaban J connectivity index is 1.38. The number of hydrogen-bond donors (Lipinski definition) is 1. The van der Waals surface area contributed by atoms with Crippen molar-refractivity contribution in [3.05, 3.63) is 29.3 Å². The minimum Gasteiger partial charge on any atom is -0.455 e. The summed E-state index contributed by atoms with van der Waals surface area (Å²) in [6.07, 6.45) is 8.50. The van der Waals surface area contributed by atoms with Crippen molar-refractivity contribution in [2.45, 2.75) is 65.2 Å². The first kappa shape index (κ1) is 18.5. The summed E-state index contributed by atoms with van der Waals surface area (Å²) >= 11 is 0. The first-order chi connectivity index (χ1) is 13.0. The van der Waals surface area contributed by atoms with Crippen LogP contribution in [0.5, 0.6) is 0 Å². The molecular weight excluding hydrogens is 338 g/mol. The van der Waals surface area contributed by atoms with Crippen LogP contribution in [0.15, 0.2) is 18.2 Å². The Kier molecular flexibility index (Phi) is 5.00. The maximum Gasteiger partial charge on any atom is 0.312 e. The number of carbonyl (C=O) groups excluding carboxylic acids is 2. The minimum atomic E-state index is -0.301. The zero-order valence-electron chi connectivity index (χ0n) is 16.6. The van der Waals surface area contributed by atoms with E-state index >= 15 is 0 Å². The molecule has 4 nitrogen and oxygen atoms in total. The van der Waals surface area contributed by atoms with Crippen molar-refractivity contribution in [1.29, 1.82) is 0 Å². The Morgan fingerprint density at radius 3 is 2.00 bits per heavy atom. The second-order valence-corrected chi connectivity index (χ2v) is 8.98. The van der Waals surface area contributed by atoms with Crippen LogP contribution in [0.2, 0.25) is 0 Å². The van der Waals surface area contributed by atoms with Gasteiger partial charge in [0.25, 0.3) is 5.91 Å². The maximum atomic E-state index is 12.9. The fourth-order valence-corrected chi connectivity index (χ4v) is 6.22. The highest BCUT2D eigenvalue weighted by Crippen LogP contribution is 2.60. The van der Waals surface area contributed by atoms with E-state index in [4.69, 9.17) is 4.74 Å². The van der Waals surface area contributed by atoms with Crippen LogP contribution in [0.25, 0.3) is 0 Å². The molecule has 0 unspecified atom stereocenters. The van der Waals surface area contributed by atoms with E-state index in [0.717, 1.165) is 48.9 Å². The van der Waals surface area contributed by atoms with Crippen molar-refractivity contribution < 1.29 is 14.3 Å². The lowest BCUT2D eigenvalue weighted by Gasteiger charge is -2.55. The lowest BCUT2D eigenvalue weighted by molar-refractivity contribution is -0.172. The minimum absolute atomic E-state index is 0.128. The molecule has 0 aromatic heterocycles. The molecule has 4 heteroatoms. The van der Waals surface area contributed by atoms with Crippen LogP contribution >= 0.6 is 0 Å². The molecule has 4 aliphatic carbocycles. The molecule has 0 atom stereocenters. The Morgan fingerprint density at radius 2 is 1.52 bits per heavy atom. The molecule has 4 fully saturated rings.